The van der Waals surface area contributed by atoms with Gasteiger partial charge in [-0.25, -0.2) is 0 Å². The first kappa shape index (κ1) is 14.1. The van der Waals surface area contributed by atoms with Crippen molar-refractivity contribution in [3.63, 3.8) is 0 Å². The topological polar surface area (TPSA) is 41.1 Å². The molecule has 1 aromatic carbocycles. The van der Waals surface area contributed by atoms with Crippen LogP contribution in [-0.4, -0.2) is 24.9 Å². The zero-order valence-electron chi connectivity index (χ0n) is 12.2. The van der Waals surface area contributed by atoms with Crippen LogP contribution in [0.4, 0.5) is 5.69 Å². The maximum absolute atomic E-state index is 11.7. The molecule has 0 spiro atoms. The fourth-order valence-electron chi connectivity index (χ4n) is 2.87. The first-order valence-corrected chi connectivity index (χ1v) is 7.23. The van der Waals surface area contributed by atoms with Gasteiger partial charge >= 0.3 is 0 Å². The zero-order chi connectivity index (χ0) is 13.8. The molecule has 1 fully saturated rings. The molecule has 1 heterocycles. The third-order valence-electron chi connectivity index (χ3n) is 3.92. The lowest BCUT2D eigenvalue weighted by Gasteiger charge is -2.16. The van der Waals surface area contributed by atoms with E-state index < -0.39 is 0 Å². The Morgan fingerprint density at radius 3 is 2.84 bits per heavy atom. The van der Waals surface area contributed by atoms with Crippen LogP contribution in [0.3, 0.4) is 0 Å². The number of rotatable bonds is 5. The van der Waals surface area contributed by atoms with Crippen molar-refractivity contribution >= 4 is 11.5 Å². The maximum Gasteiger partial charge on any atom is 0.160 e. The molecule has 0 aromatic heterocycles. The third-order valence-corrected chi connectivity index (χ3v) is 3.92. The van der Waals surface area contributed by atoms with Crippen LogP contribution in [0.25, 0.3) is 0 Å². The van der Waals surface area contributed by atoms with E-state index in [0.717, 1.165) is 30.8 Å². The van der Waals surface area contributed by atoms with Gasteiger partial charge in [-0.15, -0.1) is 0 Å². The maximum atomic E-state index is 11.7. The van der Waals surface area contributed by atoms with Gasteiger partial charge < -0.3 is 10.6 Å². The molecular formula is C16H24N2O. The predicted octanol–water partition coefficient (Wildman–Crippen LogP) is 2.92. The molecule has 1 aliphatic heterocycles. The van der Waals surface area contributed by atoms with Crippen molar-refractivity contribution in [1.82, 2.24) is 5.32 Å². The summed E-state index contributed by atoms with van der Waals surface area (Å²) in [4.78, 5) is 11.7. The Labute approximate surface area is 115 Å². The molecule has 1 saturated heterocycles. The van der Waals surface area contributed by atoms with Crippen molar-refractivity contribution in [3.05, 3.63) is 28.8 Å². The average molecular weight is 260 g/mol. The van der Waals surface area contributed by atoms with Crippen LogP contribution in [0.5, 0.6) is 0 Å². The second-order valence-electron chi connectivity index (χ2n) is 5.40. The number of aryl methyl sites for hydroxylation is 1. The molecule has 1 atom stereocenters. The van der Waals surface area contributed by atoms with Crippen LogP contribution >= 0.6 is 0 Å². The van der Waals surface area contributed by atoms with Gasteiger partial charge in [0.05, 0.1) is 0 Å². The Balaban J connectivity index is 2.14. The normalized spacial score (nSPS) is 18.6. The number of nitrogens with one attached hydrogen (secondary N) is 2. The molecule has 0 saturated carbocycles. The van der Waals surface area contributed by atoms with E-state index in [1.54, 1.807) is 6.92 Å². The third kappa shape index (κ3) is 3.35. The molecule has 19 heavy (non-hydrogen) atoms. The zero-order valence-corrected chi connectivity index (χ0v) is 12.2. The van der Waals surface area contributed by atoms with Crippen LogP contribution in [0.2, 0.25) is 0 Å². The summed E-state index contributed by atoms with van der Waals surface area (Å²) in [6.45, 7) is 7.89. The van der Waals surface area contributed by atoms with Crippen LogP contribution in [0, 0.1) is 6.92 Å². The monoisotopic (exact) mass is 260 g/mol. The first-order valence-electron chi connectivity index (χ1n) is 7.23. The van der Waals surface area contributed by atoms with E-state index in [0.29, 0.717) is 6.04 Å². The Morgan fingerprint density at radius 2 is 2.26 bits per heavy atom. The average Bonchev–Trinajstić information content (AvgIpc) is 2.88. The second-order valence-corrected chi connectivity index (χ2v) is 5.40. The van der Waals surface area contributed by atoms with E-state index in [1.807, 2.05) is 6.07 Å². The predicted molar refractivity (Wildman–Crippen MR) is 80.1 cm³/mol. The molecule has 0 bridgehead atoms. The van der Waals surface area contributed by atoms with Gasteiger partial charge in [0.15, 0.2) is 5.78 Å². The molecule has 0 radical (unpaired) electrons. The Hall–Kier alpha value is -1.35. The molecule has 104 valence electrons. The minimum Gasteiger partial charge on any atom is -0.383 e. The van der Waals surface area contributed by atoms with Crippen molar-refractivity contribution in [1.29, 1.82) is 0 Å². The van der Waals surface area contributed by atoms with Crippen LogP contribution in [0.1, 0.15) is 48.2 Å². The van der Waals surface area contributed by atoms with Gasteiger partial charge in [0.25, 0.3) is 0 Å². The van der Waals surface area contributed by atoms with E-state index >= 15 is 0 Å². The van der Waals surface area contributed by atoms with Gasteiger partial charge in [0, 0.05) is 23.8 Å². The molecule has 1 aliphatic rings. The molecule has 3 heteroatoms. The number of benzene rings is 1. The largest absolute Gasteiger partial charge is 0.383 e. The number of Topliss-reactive ketones (excluding diaryl/α,β-unsaturated/α-hetero) is 1. The van der Waals surface area contributed by atoms with Crippen molar-refractivity contribution in [3.8, 4) is 0 Å². The number of ketones is 1. The number of hydrogen-bond acceptors (Lipinski definition) is 3. The van der Waals surface area contributed by atoms with Crippen molar-refractivity contribution in [2.75, 3.05) is 18.4 Å². The van der Waals surface area contributed by atoms with E-state index in [2.05, 4.69) is 30.5 Å². The van der Waals surface area contributed by atoms with Crippen molar-refractivity contribution < 1.29 is 4.79 Å². The minimum atomic E-state index is 0.155. The molecule has 1 unspecified atom stereocenters. The molecule has 2 N–H and O–H groups in total. The van der Waals surface area contributed by atoms with Crippen molar-refractivity contribution in [2.24, 2.45) is 0 Å². The summed E-state index contributed by atoms with van der Waals surface area (Å²) in [5, 5.41) is 6.93. The number of hydrogen-bond donors (Lipinski definition) is 2. The Bertz CT molecular complexity index is 462. The van der Waals surface area contributed by atoms with Crippen LogP contribution < -0.4 is 10.6 Å². The number of carbonyl (C=O) groups excluding carboxylic acids is 1. The first-order chi connectivity index (χ1) is 9.11. The Morgan fingerprint density at radius 1 is 1.47 bits per heavy atom. The molecule has 3 nitrogen and oxygen atoms in total. The summed E-state index contributed by atoms with van der Waals surface area (Å²) in [5.41, 5.74) is 4.31. The lowest BCUT2D eigenvalue weighted by Crippen LogP contribution is -2.29. The highest BCUT2D eigenvalue weighted by molar-refractivity contribution is 5.97. The minimum absolute atomic E-state index is 0.155. The fraction of sp³-hybridized carbons (Fsp3) is 0.562. The van der Waals surface area contributed by atoms with E-state index in [-0.39, 0.29) is 5.78 Å². The highest BCUT2D eigenvalue weighted by Gasteiger charge is 2.14. The van der Waals surface area contributed by atoms with E-state index in [1.165, 1.54) is 24.0 Å². The lowest BCUT2D eigenvalue weighted by atomic mass is 9.96. The summed E-state index contributed by atoms with van der Waals surface area (Å²) in [6.07, 6.45) is 3.41. The van der Waals surface area contributed by atoms with Crippen molar-refractivity contribution in [2.45, 2.75) is 46.1 Å². The van der Waals surface area contributed by atoms with E-state index in [9.17, 15) is 4.79 Å². The standard InChI is InChI=1S/C16H24N2O/c1-4-15-11(2)8-14(9-16(15)12(3)19)18-10-13-6-5-7-17-13/h8-9,13,17-18H,4-7,10H2,1-3H3. The molecule has 0 aliphatic carbocycles. The smallest absolute Gasteiger partial charge is 0.160 e. The number of carbonyl (C=O) groups is 1. The van der Waals surface area contributed by atoms with Gasteiger partial charge in [0.2, 0.25) is 0 Å². The summed E-state index contributed by atoms with van der Waals surface area (Å²) in [6, 6.07) is 4.72. The van der Waals surface area contributed by atoms with E-state index in [4.69, 9.17) is 0 Å². The quantitative estimate of drug-likeness (QED) is 0.800. The summed E-state index contributed by atoms with van der Waals surface area (Å²) in [5.74, 6) is 0.155. The Kier molecular flexibility index (Phi) is 4.59. The lowest BCUT2D eigenvalue weighted by molar-refractivity contribution is 0.101. The van der Waals surface area contributed by atoms with Crippen LogP contribution in [0.15, 0.2) is 12.1 Å². The van der Waals surface area contributed by atoms with Gasteiger partial charge in [-0.2, -0.15) is 0 Å². The van der Waals surface area contributed by atoms with Gasteiger partial charge in [0.1, 0.15) is 0 Å². The highest BCUT2D eigenvalue weighted by atomic mass is 16.1. The SMILES string of the molecule is CCc1c(C)cc(NCC2CCCN2)cc1C(C)=O. The molecular weight excluding hydrogens is 236 g/mol. The van der Waals surface area contributed by atoms with Gasteiger partial charge in [-0.3, -0.25) is 4.79 Å². The highest BCUT2D eigenvalue weighted by Crippen LogP contribution is 2.22. The fourth-order valence-corrected chi connectivity index (χ4v) is 2.87. The summed E-state index contributed by atoms with van der Waals surface area (Å²) >= 11 is 0. The summed E-state index contributed by atoms with van der Waals surface area (Å²) < 4.78 is 0. The summed E-state index contributed by atoms with van der Waals surface area (Å²) in [7, 11) is 0. The molecule has 1 aromatic rings. The molecule has 0 amide bonds. The number of anilines is 1. The van der Waals surface area contributed by atoms with Crippen LogP contribution in [-0.2, 0) is 6.42 Å². The van der Waals surface area contributed by atoms with Gasteiger partial charge in [-0.1, -0.05) is 6.92 Å². The molecule has 2 rings (SSSR count). The second kappa shape index (κ2) is 6.20. The van der Waals surface area contributed by atoms with Gasteiger partial charge in [-0.05, 0) is 62.9 Å².